The van der Waals surface area contributed by atoms with Crippen molar-refractivity contribution in [2.75, 3.05) is 7.11 Å². The van der Waals surface area contributed by atoms with Crippen LogP contribution in [0.3, 0.4) is 0 Å². The highest BCUT2D eigenvalue weighted by atomic mass is 32.1. The van der Waals surface area contributed by atoms with Crippen molar-refractivity contribution < 1.29 is 9.53 Å². The fraction of sp³-hybridized carbons (Fsp3) is 0.214. The van der Waals surface area contributed by atoms with E-state index in [-0.39, 0.29) is 5.97 Å². The molecule has 1 heterocycles. The Labute approximate surface area is 104 Å². The Hall–Kier alpha value is -1.61. The number of thiophene rings is 1. The highest BCUT2D eigenvalue weighted by Gasteiger charge is 2.24. The number of fused-ring (bicyclic) bond motifs is 3. The van der Waals surface area contributed by atoms with Crippen molar-refractivity contribution in [2.45, 2.75) is 12.8 Å². The molecule has 0 fully saturated rings. The molecule has 2 nitrogen and oxygen atoms in total. The Morgan fingerprint density at radius 1 is 1.29 bits per heavy atom. The maximum Gasteiger partial charge on any atom is 0.339 e. The van der Waals surface area contributed by atoms with E-state index in [1.165, 1.54) is 23.1 Å². The van der Waals surface area contributed by atoms with Gasteiger partial charge < -0.3 is 4.74 Å². The highest BCUT2D eigenvalue weighted by Crippen LogP contribution is 2.39. The van der Waals surface area contributed by atoms with Crippen molar-refractivity contribution in [1.29, 1.82) is 0 Å². The number of ether oxygens (including phenoxy) is 1. The summed E-state index contributed by atoms with van der Waals surface area (Å²) in [6.45, 7) is 0. The molecule has 0 aliphatic heterocycles. The van der Waals surface area contributed by atoms with Crippen LogP contribution in [-0.2, 0) is 17.6 Å². The third kappa shape index (κ3) is 1.58. The first-order valence-corrected chi connectivity index (χ1v) is 6.46. The van der Waals surface area contributed by atoms with Gasteiger partial charge >= 0.3 is 5.97 Å². The molecule has 2 aromatic rings. The highest BCUT2D eigenvalue weighted by molar-refractivity contribution is 7.10. The third-order valence-electron chi connectivity index (χ3n) is 3.18. The molecule has 0 N–H and O–H groups in total. The van der Waals surface area contributed by atoms with Gasteiger partial charge in [0.15, 0.2) is 0 Å². The average Bonchev–Trinajstić information content (AvgIpc) is 2.82. The van der Waals surface area contributed by atoms with Gasteiger partial charge in [0.1, 0.15) is 0 Å². The van der Waals surface area contributed by atoms with Crippen LogP contribution in [0.25, 0.3) is 11.1 Å². The number of esters is 1. The topological polar surface area (TPSA) is 26.3 Å². The molecule has 1 aliphatic rings. The second kappa shape index (κ2) is 4.00. The van der Waals surface area contributed by atoms with Crippen LogP contribution in [-0.4, -0.2) is 13.1 Å². The van der Waals surface area contributed by atoms with E-state index in [9.17, 15) is 4.79 Å². The van der Waals surface area contributed by atoms with E-state index in [4.69, 9.17) is 4.74 Å². The zero-order valence-corrected chi connectivity index (χ0v) is 10.3. The first-order chi connectivity index (χ1) is 8.31. The predicted molar refractivity (Wildman–Crippen MR) is 68.5 cm³/mol. The molecule has 0 atom stereocenters. The summed E-state index contributed by atoms with van der Waals surface area (Å²) in [5.41, 5.74) is 4.31. The van der Waals surface area contributed by atoms with Crippen LogP contribution in [0.5, 0.6) is 0 Å². The Morgan fingerprint density at radius 2 is 2.12 bits per heavy atom. The molecule has 0 radical (unpaired) electrons. The van der Waals surface area contributed by atoms with Gasteiger partial charge in [-0.1, -0.05) is 24.3 Å². The summed E-state index contributed by atoms with van der Waals surface area (Å²) in [5.74, 6) is -0.237. The lowest BCUT2D eigenvalue weighted by molar-refractivity contribution is 0.0602. The van der Waals surface area contributed by atoms with Crippen LogP contribution in [0.1, 0.15) is 20.8 Å². The Balaban J connectivity index is 2.22. The zero-order valence-electron chi connectivity index (χ0n) is 9.53. The third-order valence-corrected chi connectivity index (χ3v) is 4.23. The number of hydrogen-bond donors (Lipinski definition) is 0. The molecule has 0 spiro atoms. The minimum atomic E-state index is -0.237. The molecule has 3 rings (SSSR count). The molecule has 17 heavy (non-hydrogen) atoms. The summed E-state index contributed by atoms with van der Waals surface area (Å²) in [5, 5.41) is 1.92. The Kier molecular flexibility index (Phi) is 2.48. The molecule has 1 aromatic heterocycles. The number of carbonyl (C=O) groups is 1. The van der Waals surface area contributed by atoms with Crippen molar-refractivity contribution in [3.05, 3.63) is 45.6 Å². The van der Waals surface area contributed by atoms with Gasteiger partial charge in [-0.25, -0.2) is 4.79 Å². The van der Waals surface area contributed by atoms with Gasteiger partial charge in [-0.2, -0.15) is 0 Å². The van der Waals surface area contributed by atoms with E-state index in [2.05, 4.69) is 12.1 Å². The summed E-state index contributed by atoms with van der Waals surface area (Å²) in [7, 11) is 1.43. The Morgan fingerprint density at radius 3 is 2.94 bits per heavy atom. The van der Waals surface area contributed by atoms with Crippen molar-refractivity contribution >= 4 is 17.3 Å². The molecule has 0 bridgehead atoms. The standard InChI is InChI=1S/C14H12O2S/c1-16-14(15)11-8-17-12-7-6-9-4-2-3-5-10(9)13(11)12/h2-5,8H,6-7H2,1H3. The number of aryl methyl sites for hydroxylation is 2. The van der Waals surface area contributed by atoms with E-state index in [0.29, 0.717) is 5.56 Å². The smallest absolute Gasteiger partial charge is 0.339 e. The summed E-state index contributed by atoms with van der Waals surface area (Å²) in [6, 6.07) is 8.30. The monoisotopic (exact) mass is 244 g/mol. The predicted octanol–water partition coefficient (Wildman–Crippen LogP) is 3.30. The van der Waals surface area contributed by atoms with Crippen molar-refractivity contribution in [3.8, 4) is 11.1 Å². The van der Waals surface area contributed by atoms with E-state index in [1.54, 1.807) is 11.3 Å². The lowest BCUT2D eigenvalue weighted by Crippen LogP contribution is -2.06. The fourth-order valence-corrected chi connectivity index (χ4v) is 3.40. The molecule has 0 unspecified atom stereocenters. The molecule has 0 amide bonds. The van der Waals surface area contributed by atoms with Crippen LogP contribution < -0.4 is 0 Å². The lowest BCUT2D eigenvalue weighted by atomic mass is 9.88. The normalized spacial score (nSPS) is 12.8. The van der Waals surface area contributed by atoms with Crippen molar-refractivity contribution in [2.24, 2.45) is 0 Å². The van der Waals surface area contributed by atoms with Crippen LogP contribution in [0, 0.1) is 0 Å². The van der Waals surface area contributed by atoms with Gasteiger partial charge in [-0.05, 0) is 24.0 Å². The van der Waals surface area contributed by atoms with Gasteiger partial charge in [0.2, 0.25) is 0 Å². The van der Waals surface area contributed by atoms with Crippen LogP contribution >= 0.6 is 11.3 Å². The van der Waals surface area contributed by atoms with Crippen molar-refractivity contribution in [3.63, 3.8) is 0 Å². The lowest BCUT2D eigenvalue weighted by Gasteiger charge is -2.17. The minimum absolute atomic E-state index is 0.237. The van der Waals surface area contributed by atoms with Gasteiger partial charge in [0.25, 0.3) is 0 Å². The summed E-state index contributed by atoms with van der Waals surface area (Å²) in [6.07, 6.45) is 2.08. The summed E-state index contributed by atoms with van der Waals surface area (Å²) in [4.78, 5) is 13.0. The number of benzene rings is 1. The first kappa shape index (κ1) is 10.5. The van der Waals surface area contributed by atoms with Crippen LogP contribution in [0.4, 0.5) is 0 Å². The molecule has 1 aromatic carbocycles. The van der Waals surface area contributed by atoms with E-state index < -0.39 is 0 Å². The molecule has 0 saturated carbocycles. The average molecular weight is 244 g/mol. The van der Waals surface area contributed by atoms with Gasteiger partial charge in [-0.3, -0.25) is 0 Å². The number of methoxy groups -OCH3 is 1. The van der Waals surface area contributed by atoms with E-state index in [0.717, 1.165) is 18.4 Å². The zero-order chi connectivity index (χ0) is 11.8. The van der Waals surface area contributed by atoms with Gasteiger partial charge in [-0.15, -0.1) is 11.3 Å². The number of hydrogen-bond acceptors (Lipinski definition) is 3. The summed E-state index contributed by atoms with van der Waals surface area (Å²) < 4.78 is 4.84. The quantitative estimate of drug-likeness (QED) is 0.719. The van der Waals surface area contributed by atoms with Crippen LogP contribution in [0.15, 0.2) is 29.6 Å². The van der Waals surface area contributed by atoms with E-state index in [1.807, 2.05) is 17.5 Å². The maximum atomic E-state index is 11.7. The Bertz CT molecular complexity index is 584. The largest absolute Gasteiger partial charge is 0.465 e. The summed E-state index contributed by atoms with van der Waals surface area (Å²) >= 11 is 1.66. The molecule has 0 saturated heterocycles. The van der Waals surface area contributed by atoms with E-state index >= 15 is 0 Å². The minimum Gasteiger partial charge on any atom is -0.465 e. The second-order valence-electron chi connectivity index (χ2n) is 4.10. The second-order valence-corrected chi connectivity index (χ2v) is 5.06. The SMILES string of the molecule is COC(=O)c1csc2c1-c1ccccc1CC2. The number of rotatable bonds is 1. The van der Waals surface area contributed by atoms with Gasteiger partial charge in [0, 0.05) is 15.8 Å². The molecule has 86 valence electrons. The molecular weight excluding hydrogens is 232 g/mol. The maximum absolute atomic E-state index is 11.7. The van der Waals surface area contributed by atoms with Gasteiger partial charge in [0.05, 0.1) is 12.7 Å². The van der Waals surface area contributed by atoms with Crippen molar-refractivity contribution in [1.82, 2.24) is 0 Å². The molecule has 1 aliphatic carbocycles. The van der Waals surface area contributed by atoms with Crippen LogP contribution in [0.2, 0.25) is 0 Å². The first-order valence-electron chi connectivity index (χ1n) is 5.58. The molecule has 3 heteroatoms. The fourth-order valence-electron chi connectivity index (χ4n) is 2.37. The number of carbonyl (C=O) groups excluding carboxylic acids is 1. The molecular formula is C14H12O2S.